The van der Waals surface area contributed by atoms with Crippen LogP contribution in [0.15, 0.2) is 60.9 Å². The number of benzene rings is 2. The van der Waals surface area contributed by atoms with Gasteiger partial charge in [0, 0.05) is 17.4 Å². The molecule has 3 aromatic rings. The molecule has 0 aliphatic heterocycles. The molecule has 0 bridgehead atoms. The predicted octanol–water partition coefficient (Wildman–Crippen LogP) is 3.79. The Hall–Kier alpha value is -3.86. The number of nitrogens with one attached hydrogen (secondary N) is 3. The maximum absolute atomic E-state index is 13.5. The molecule has 2 aromatic carbocycles. The molecular formula is C20H18F3N5O3. The van der Waals surface area contributed by atoms with E-state index in [1.807, 2.05) is 0 Å². The van der Waals surface area contributed by atoms with E-state index in [-0.39, 0.29) is 24.5 Å². The number of aliphatic hydroxyl groups excluding tert-OH is 1. The van der Waals surface area contributed by atoms with E-state index in [9.17, 15) is 22.8 Å². The fourth-order valence-electron chi connectivity index (χ4n) is 2.70. The van der Waals surface area contributed by atoms with Gasteiger partial charge in [-0.05, 0) is 30.3 Å². The molecule has 0 fully saturated rings. The van der Waals surface area contributed by atoms with Gasteiger partial charge in [0.2, 0.25) is 0 Å². The Morgan fingerprint density at radius 2 is 1.74 bits per heavy atom. The molecule has 8 nitrogen and oxygen atoms in total. The lowest BCUT2D eigenvalue weighted by Gasteiger charge is -2.16. The van der Waals surface area contributed by atoms with Gasteiger partial charge in [0.05, 0.1) is 36.3 Å². The zero-order chi connectivity index (χ0) is 22.4. The van der Waals surface area contributed by atoms with Crippen LogP contribution in [-0.4, -0.2) is 33.4 Å². The number of aromatic nitrogens is 2. The van der Waals surface area contributed by atoms with Crippen LogP contribution in [-0.2, 0) is 12.7 Å². The molecule has 3 amide bonds. The van der Waals surface area contributed by atoms with E-state index in [4.69, 9.17) is 5.11 Å². The van der Waals surface area contributed by atoms with Gasteiger partial charge in [0.25, 0.3) is 5.91 Å². The minimum atomic E-state index is -4.78. The Labute approximate surface area is 174 Å². The van der Waals surface area contributed by atoms with Gasteiger partial charge in [-0.25, -0.2) is 4.79 Å². The van der Waals surface area contributed by atoms with Crippen LogP contribution in [0.1, 0.15) is 15.9 Å². The number of hydrogen-bond donors (Lipinski definition) is 4. The molecule has 4 N–H and O–H groups in total. The summed E-state index contributed by atoms with van der Waals surface area (Å²) in [4.78, 5) is 24.3. The Balaban J connectivity index is 1.75. The fourth-order valence-corrected chi connectivity index (χ4v) is 2.70. The van der Waals surface area contributed by atoms with Crippen LogP contribution in [0.2, 0.25) is 0 Å². The maximum Gasteiger partial charge on any atom is 0.418 e. The average Bonchev–Trinajstić information content (AvgIpc) is 3.16. The molecule has 11 heteroatoms. The van der Waals surface area contributed by atoms with Crippen molar-refractivity contribution in [3.8, 4) is 0 Å². The highest BCUT2D eigenvalue weighted by Crippen LogP contribution is 2.36. The zero-order valence-corrected chi connectivity index (χ0v) is 16.0. The van der Waals surface area contributed by atoms with Crippen LogP contribution in [0.25, 0.3) is 0 Å². The number of carbonyl (C=O) groups is 2. The summed E-state index contributed by atoms with van der Waals surface area (Å²) in [6.45, 7) is 0.0487. The Morgan fingerprint density at radius 3 is 2.42 bits per heavy atom. The van der Waals surface area contributed by atoms with Crippen molar-refractivity contribution in [2.24, 2.45) is 0 Å². The van der Waals surface area contributed by atoms with E-state index in [0.717, 1.165) is 12.1 Å². The first kappa shape index (κ1) is 21.8. The number of nitrogens with zero attached hydrogens (tertiary/aromatic N) is 2. The summed E-state index contributed by atoms with van der Waals surface area (Å²) in [7, 11) is 0. The van der Waals surface area contributed by atoms with E-state index in [2.05, 4.69) is 21.0 Å². The molecule has 0 saturated heterocycles. The minimum absolute atomic E-state index is 0.0718. The molecule has 0 spiro atoms. The third kappa shape index (κ3) is 5.82. The fraction of sp³-hybridized carbons (Fsp3) is 0.150. The number of aliphatic hydroxyl groups is 1. The van der Waals surface area contributed by atoms with Crippen molar-refractivity contribution in [3.63, 3.8) is 0 Å². The van der Waals surface area contributed by atoms with Gasteiger partial charge in [-0.1, -0.05) is 18.2 Å². The average molecular weight is 433 g/mol. The molecular weight excluding hydrogens is 415 g/mol. The van der Waals surface area contributed by atoms with Crippen LogP contribution in [0.3, 0.4) is 0 Å². The normalized spacial score (nSPS) is 11.1. The smallest absolute Gasteiger partial charge is 0.394 e. The lowest BCUT2D eigenvalue weighted by Crippen LogP contribution is -2.22. The number of carbonyl (C=O) groups excluding carboxylic acids is 2. The van der Waals surface area contributed by atoms with Crippen molar-refractivity contribution in [1.82, 2.24) is 9.78 Å². The van der Waals surface area contributed by atoms with Gasteiger partial charge < -0.3 is 21.1 Å². The van der Waals surface area contributed by atoms with Crippen molar-refractivity contribution in [2.75, 3.05) is 22.6 Å². The van der Waals surface area contributed by atoms with Crippen LogP contribution >= 0.6 is 0 Å². The van der Waals surface area contributed by atoms with E-state index in [0.29, 0.717) is 5.56 Å². The van der Waals surface area contributed by atoms with Gasteiger partial charge in [-0.3, -0.25) is 9.48 Å². The molecule has 0 saturated carbocycles. The zero-order valence-electron chi connectivity index (χ0n) is 16.0. The molecule has 3 rings (SSSR count). The highest BCUT2D eigenvalue weighted by molar-refractivity contribution is 6.05. The molecule has 162 valence electrons. The highest BCUT2D eigenvalue weighted by Gasteiger charge is 2.34. The summed E-state index contributed by atoms with van der Waals surface area (Å²) in [6, 6.07) is 10.2. The van der Waals surface area contributed by atoms with Crippen molar-refractivity contribution in [3.05, 3.63) is 72.1 Å². The van der Waals surface area contributed by atoms with E-state index in [1.54, 1.807) is 18.2 Å². The van der Waals surface area contributed by atoms with Crippen molar-refractivity contribution in [2.45, 2.75) is 12.7 Å². The highest BCUT2D eigenvalue weighted by atomic mass is 19.4. The van der Waals surface area contributed by atoms with Crippen molar-refractivity contribution >= 4 is 29.0 Å². The first-order valence-corrected chi connectivity index (χ1v) is 9.05. The van der Waals surface area contributed by atoms with Crippen LogP contribution in [0.4, 0.5) is 35.0 Å². The molecule has 1 heterocycles. The molecule has 0 aliphatic carbocycles. The van der Waals surface area contributed by atoms with Crippen molar-refractivity contribution in [1.29, 1.82) is 0 Å². The summed E-state index contributed by atoms with van der Waals surface area (Å²) in [6.07, 6.45) is -2.06. The summed E-state index contributed by atoms with van der Waals surface area (Å²) in [5.41, 5.74) is -1.14. The number of rotatable bonds is 6. The van der Waals surface area contributed by atoms with E-state index in [1.165, 1.54) is 35.3 Å². The van der Waals surface area contributed by atoms with E-state index < -0.39 is 29.4 Å². The topological polar surface area (TPSA) is 108 Å². The summed E-state index contributed by atoms with van der Waals surface area (Å²) in [5, 5.41) is 19.7. The lowest BCUT2D eigenvalue weighted by molar-refractivity contribution is -0.136. The van der Waals surface area contributed by atoms with Crippen LogP contribution in [0, 0.1) is 0 Å². The van der Waals surface area contributed by atoms with Gasteiger partial charge in [0.15, 0.2) is 0 Å². The predicted molar refractivity (Wildman–Crippen MR) is 108 cm³/mol. The van der Waals surface area contributed by atoms with Gasteiger partial charge in [-0.2, -0.15) is 18.3 Å². The number of halogens is 3. The van der Waals surface area contributed by atoms with Crippen LogP contribution in [0.5, 0.6) is 0 Å². The quantitative estimate of drug-likeness (QED) is 0.474. The first-order chi connectivity index (χ1) is 14.8. The first-order valence-electron chi connectivity index (χ1n) is 9.05. The Kier molecular flexibility index (Phi) is 6.55. The Morgan fingerprint density at radius 1 is 1.00 bits per heavy atom. The largest absolute Gasteiger partial charge is 0.418 e. The molecule has 31 heavy (non-hydrogen) atoms. The molecule has 0 unspecified atom stereocenters. The third-order valence-electron chi connectivity index (χ3n) is 4.09. The molecule has 0 atom stereocenters. The third-order valence-corrected chi connectivity index (χ3v) is 4.09. The van der Waals surface area contributed by atoms with Gasteiger partial charge in [0.1, 0.15) is 0 Å². The molecule has 0 aliphatic rings. The second-order valence-electron chi connectivity index (χ2n) is 6.37. The summed E-state index contributed by atoms with van der Waals surface area (Å²) in [5.74, 6) is -0.563. The lowest BCUT2D eigenvalue weighted by atomic mass is 10.1. The Bertz CT molecular complexity index is 1070. The van der Waals surface area contributed by atoms with Gasteiger partial charge in [-0.15, -0.1) is 0 Å². The monoisotopic (exact) mass is 433 g/mol. The summed E-state index contributed by atoms with van der Waals surface area (Å²) >= 11 is 0. The van der Waals surface area contributed by atoms with Gasteiger partial charge >= 0.3 is 12.2 Å². The standard InChI is InChI=1S/C20H18F3N5O3/c21-20(22,23)16-10-14(25-18(30)13-4-2-1-3-5-13)6-7-17(16)27-19(31)26-15-11-24-28(12-15)8-9-29/h1-7,10-12,29H,8-9H2,(H,25,30)(H2,26,27,31). The number of anilines is 3. The maximum atomic E-state index is 13.5. The number of hydrogen-bond acceptors (Lipinski definition) is 4. The second-order valence-corrected chi connectivity index (χ2v) is 6.37. The second kappa shape index (κ2) is 9.30. The minimum Gasteiger partial charge on any atom is -0.394 e. The number of amides is 3. The number of alkyl halides is 3. The SMILES string of the molecule is O=C(Nc1cnn(CCO)c1)Nc1ccc(NC(=O)c2ccccc2)cc1C(F)(F)F. The van der Waals surface area contributed by atoms with Crippen molar-refractivity contribution < 1.29 is 27.9 Å². The summed E-state index contributed by atoms with van der Waals surface area (Å²) < 4.78 is 42.0. The van der Waals surface area contributed by atoms with E-state index >= 15 is 0 Å². The molecule has 0 radical (unpaired) electrons. The number of urea groups is 1. The van der Waals surface area contributed by atoms with Crippen LogP contribution < -0.4 is 16.0 Å². The molecule has 1 aromatic heterocycles.